The lowest BCUT2D eigenvalue weighted by Crippen LogP contribution is -2.85. The van der Waals surface area contributed by atoms with Crippen molar-refractivity contribution in [3.05, 3.63) is 66.0 Å². The van der Waals surface area contributed by atoms with Crippen molar-refractivity contribution in [1.29, 1.82) is 0 Å². The van der Waals surface area contributed by atoms with Crippen LogP contribution in [0.15, 0.2) is 54.9 Å². The van der Waals surface area contributed by atoms with Gasteiger partial charge in [0.05, 0.1) is 18.2 Å². The van der Waals surface area contributed by atoms with E-state index in [0.717, 1.165) is 5.56 Å². The Bertz CT molecular complexity index is 819. The maximum atomic E-state index is 13.1. The van der Waals surface area contributed by atoms with Gasteiger partial charge < -0.3 is 14.9 Å². The van der Waals surface area contributed by atoms with Gasteiger partial charge in [0.25, 0.3) is 5.91 Å². The number of nitrogens with zero attached hydrogens (tertiary/aromatic N) is 3. The molecule has 6 heteroatoms. The molecule has 0 aliphatic carbocycles. The van der Waals surface area contributed by atoms with Gasteiger partial charge in [0.2, 0.25) is 5.91 Å². The molecule has 2 amide bonds. The van der Waals surface area contributed by atoms with Gasteiger partial charge in [0.15, 0.2) is 0 Å². The quantitative estimate of drug-likeness (QED) is 0.904. The zero-order valence-electron chi connectivity index (χ0n) is 14.6. The van der Waals surface area contributed by atoms with E-state index in [9.17, 15) is 14.7 Å². The first-order valence-corrected chi connectivity index (χ1v) is 8.73. The average Bonchev–Trinajstić information content (AvgIpc) is 2.61. The first kappa shape index (κ1) is 16.7. The Balaban J connectivity index is 1.71. The Kier molecular flexibility index (Phi) is 4.00. The van der Waals surface area contributed by atoms with Crippen LogP contribution in [-0.4, -0.2) is 63.0 Å². The summed E-state index contributed by atoms with van der Waals surface area (Å²) in [7, 11) is 0. The van der Waals surface area contributed by atoms with Gasteiger partial charge in [-0.3, -0.25) is 14.6 Å². The third-order valence-corrected chi connectivity index (χ3v) is 5.64. The molecule has 2 aliphatic rings. The molecule has 2 saturated heterocycles. The van der Waals surface area contributed by atoms with E-state index in [4.69, 9.17) is 0 Å². The Morgan fingerprint density at radius 1 is 1.15 bits per heavy atom. The molecular weight excluding hydrogens is 330 g/mol. The summed E-state index contributed by atoms with van der Waals surface area (Å²) >= 11 is 0. The molecule has 2 atom stereocenters. The highest BCUT2D eigenvalue weighted by Crippen LogP contribution is 2.54. The van der Waals surface area contributed by atoms with Crippen LogP contribution in [0.3, 0.4) is 0 Å². The fourth-order valence-electron chi connectivity index (χ4n) is 4.46. The van der Waals surface area contributed by atoms with Crippen LogP contribution in [0.2, 0.25) is 0 Å². The number of aliphatic hydroxyl groups excluding tert-OH is 1. The van der Waals surface area contributed by atoms with Gasteiger partial charge in [-0.1, -0.05) is 30.3 Å². The highest BCUT2D eigenvalue weighted by molar-refractivity contribution is 5.96. The first-order valence-electron chi connectivity index (χ1n) is 8.73. The lowest BCUT2D eigenvalue weighted by atomic mass is 9.60. The fraction of sp³-hybridized carbons (Fsp3) is 0.350. The summed E-state index contributed by atoms with van der Waals surface area (Å²) in [5.41, 5.74) is 1.18. The molecule has 134 valence electrons. The lowest BCUT2D eigenvalue weighted by molar-refractivity contribution is -0.176. The van der Waals surface area contributed by atoms with Crippen molar-refractivity contribution in [1.82, 2.24) is 14.8 Å². The second kappa shape index (κ2) is 6.21. The largest absolute Gasteiger partial charge is 0.394 e. The van der Waals surface area contributed by atoms with E-state index in [2.05, 4.69) is 4.98 Å². The van der Waals surface area contributed by atoms with Crippen molar-refractivity contribution in [2.24, 2.45) is 0 Å². The average molecular weight is 351 g/mol. The summed E-state index contributed by atoms with van der Waals surface area (Å²) in [6.07, 6.45) is 3.18. The van der Waals surface area contributed by atoms with E-state index < -0.39 is 5.54 Å². The van der Waals surface area contributed by atoms with E-state index in [0.29, 0.717) is 18.7 Å². The molecule has 1 N–H and O–H groups in total. The van der Waals surface area contributed by atoms with Crippen molar-refractivity contribution in [3.63, 3.8) is 0 Å². The molecule has 3 heterocycles. The number of carbonyl (C=O) groups excluding carboxylic acids is 2. The second-order valence-electron chi connectivity index (χ2n) is 7.03. The van der Waals surface area contributed by atoms with Crippen molar-refractivity contribution in [2.75, 3.05) is 19.7 Å². The number of aliphatic hydroxyl groups is 1. The number of aromatic nitrogens is 1. The summed E-state index contributed by atoms with van der Waals surface area (Å²) in [6.45, 7) is 2.42. The maximum absolute atomic E-state index is 13.1. The molecular formula is C20H21N3O3. The molecule has 2 aliphatic heterocycles. The molecule has 6 nitrogen and oxygen atoms in total. The maximum Gasteiger partial charge on any atom is 0.254 e. The standard InChI is InChI=1S/C20H21N3O3/c1-14(25)22-12-20(13-22)18(15-5-3-2-4-6-15)17(11-24)23(20)19(26)16-7-9-21-10-8-16/h2-10,17-18,24H,11-13H2,1H3/t17-,18-/m1/s1. The number of rotatable bonds is 3. The summed E-state index contributed by atoms with van der Waals surface area (Å²) in [5.74, 6) is -0.108. The van der Waals surface area contributed by atoms with Gasteiger partial charge in [-0.2, -0.15) is 0 Å². The van der Waals surface area contributed by atoms with Gasteiger partial charge >= 0.3 is 0 Å². The number of benzene rings is 1. The van der Waals surface area contributed by atoms with Crippen LogP contribution in [-0.2, 0) is 4.79 Å². The minimum absolute atomic E-state index is 0.00574. The Labute approximate surface area is 152 Å². The molecule has 1 spiro atoms. The molecule has 1 aromatic carbocycles. The predicted molar refractivity (Wildman–Crippen MR) is 95.4 cm³/mol. The van der Waals surface area contributed by atoms with Crippen LogP contribution in [0.25, 0.3) is 0 Å². The predicted octanol–water partition coefficient (Wildman–Crippen LogP) is 1.28. The van der Waals surface area contributed by atoms with Crippen LogP contribution >= 0.6 is 0 Å². The molecule has 4 rings (SSSR count). The Morgan fingerprint density at radius 3 is 2.38 bits per heavy atom. The smallest absolute Gasteiger partial charge is 0.254 e. The summed E-state index contributed by atoms with van der Waals surface area (Å²) in [5, 5.41) is 10.0. The van der Waals surface area contributed by atoms with Crippen molar-refractivity contribution < 1.29 is 14.7 Å². The van der Waals surface area contributed by atoms with Crippen LogP contribution in [0.4, 0.5) is 0 Å². The summed E-state index contributed by atoms with van der Waals surface area (Å²) in [6, 6.07) is 13.0. The minimum atomic E-state index is -0.458. The number of amides is 2. The molecule has 2 aromatic rings. The Hall–Kier alpha value is -2.73. The number of likely N-dealkylation sites (tertiary alicyclic amines) is 2. The molecule has 1 aromatic heterocycles. The van der Waals surface area contributed by atoms with E-state index in [1.807, 2.05) is 30.3 Å². The van der Waals surface area contributed by atoms with Gasteiger partial charge in [-0.25, -0.2) is 0 Å². The van der Waals surface area contributed by atoms with E-state index >= 15 is 0 Å². The topological polar surface area (TPSA) is 73.7 Å². The van der Waals surface area contributed by atoms with Gasteiger partial charge in [-0.15, -0.1) is 0 Å². The second-order valence-corrected chi connectivity index (χ2v) is 7.03. The van der Waals surface area contributed by atoms with Gasteiger partial charge in [-0.05, 0) is 17.7 Å². The Morgan fingerprint density at radius 2 is 1.81 bits per heavy atom. The third kappa shape index (κ3) is 2.33. The van der Waals surface area contributed by atoms with Crippen LogP contribution < -0.4 is 0 Å². The number of pyridine rings is 1. The third-order valence-electron chi connectivity index (χ3n) is 5.64. The number of hydrogen-bond acceptors (Lipinski definition) is 4. The van der Waals surface area contributed by atoms with Crippen molar-refractivity contribution in [3.8, 4) is 0 Å². The van der Waals surface area contributed by atoms with Crippen LogP contribution in [0, 0.1) is 0 Å². The van der Waals surface area contributed by atoms with Gasteiger partial charge in [0, 0.05) is 43.9 Å². The van der Waals surface area contributed by atoms with E-state index in [1.165, 1.54) is 0 Å². The van der Waals surface area contributed by atoms with Gasteiger partial charge in [0.1, 0.15) is 0 Å². The van der Waals surface area contributed by atoms with E-state index in [-0.39, 0.29) is 30.4 Å². The lowest BCUT2D eigenvalue weighted by Gasteiger charge is -2.70. The zero-order chi connectivity index (χ0) is 18.3. The molecule has 0 saturated carbocycles. The summed E-state index contributed by atoms with van der Waals surface area (Å²) < 4.78 is 0. The highest BCUT2D eigenvalue weighted by Gasteiger charge is 2.67. The van der Waals surface area contributed by atoms with E-state index in [1.54, 1.807) is 41.2 Å². The highest BCUT2D eigenvalue weighted by atomic mass is 16.3. The number of carbonyl (C=O) groups is 2. The summed E-state index contributed by atoms with van der Waals surface area (Å²) in [4.78, 5) is 32.4. The molecule has 2 fully saturated rings. The molecule has 0 radical (unpaired) electrons. The first-order chi connectivity index (χ1) is 12.6. The monoisotopic (exact) mass is 351 g/mol. The molecule has 0 bridgehead atoms. The fourth-order valence-corrected chi connectivity index (χ4v) is 4.46. The van der Waals surface area contributed by atoms with Crippen molar-refractivity contribution in [2.45, 2.75) is 24.4 Å². The zero-order valence-corrected chi connectivity index (χ0v) is 14.6. The SMILES string of the molecule is CC(=O)N1CC2(C1)[C@H](c1ccccc1)[C@@H](CO)N2C(=O)c1ccncc1. The van der Waals surface area contributed by atoms with Crippen LogP contribution in [0.5, 0.6) is 0 Å². The molecule has 0 unspecified atom stereocenters. The normalized spacial score (nSPS) is 23.3. The van der Waals surface area contributed by atoms with Crippen LogP contribution in [0.1, 0.15) is 28.8 Å². The molecule has 26 heavy (non-hydrogen) atoms. The van der Waals surface area contributed by atoms with Crippen molar-refractivity contribution >= 4 is 11.8 Å². The number of hydrogen-bond donors (Lipinski definition) is 1. The minimum Gasteiger partial charge on any atom is -0.394 e.